The molecule has 1 amide bonds. The highest BCUT2D eigenvalue weighted by molar-refractivity contribution is 5.66. The third-order valence-electron chi connectivity index (χ3n) is 3.14. The molecule has 2 rings (SSSR count). The molecular formula is C10H18N2O2. The normalized spacial score (nSPS) is 31.6. The summed E-state index contributed by atoms with van der Waals surface area (Å²) in [5, 5.41) is 0. The van der Waals surface area contributed by atoms with Crippen molar-refractivity contribution in [2.24, 2.45) is 0 Å². The predicted molar refractivity (Wildman–Crippen MR) is 52.9 cm³/mol. The molecule has 2 aliphatic heterocycles. The fourth-order valence-electron chi connectivity index (χ4n) is 2.40. The number of rotatable bonds is 1. The monoisotopic (exact) mass is 198 g/mol. The molecule has 80 valence electrons. The minimum atomic E-state index is -0.220. The van der Waals surface area contributed by atoms with Gasteiger partial charge < -0.3 is 9.64 Å². The van der Waals surface area contributed by atoms with Gasteiger partial charge in [0.25, 0.3) is 0 Å². The van der Waals surface area contributed by atoms with Crippen molar-refractivity contribution in [3.05, 3.63) is 0 Å². The highest BCUT2D eigenvalue weighted by Crippen LogP contribution is 2.32. The number of hydrogen-bond donors (Lipinski definition) is 0. The van der Waals surface area contributed by atoms with E-state index >= 15 is 0 Å². The van der Waals surface area contributed by atoms with Crippen molar-refractivity contribution in [2.75, 3.05) is 20.6 Å². The summed E-state index contributed by atoms with van der Waals surface area (Å²) >= 11 is 0. The second-order valence-corrected chi connectivity index (χ2v) is 4.34. The zero-order valence-corrected chi connectivity index (χ0v) is 8.90. The third kappa shape index (κ3) is 1.71. The van der Waals surface area contributed by atoms with Crippen molar-refractivity contribution in [3.8, 4) is 0 Å². The lowest BCUT2D eigenvalue weighted by atomic mass is 10.2. The van der Waals surface area contributed by atoms with E-state index in [0.29, 0.717) is 6.04 Å². The molecule has 0 aromatic carbocycles. The van der Waals surface area contributed by atoms with Gasteiger partial charge in [0.05, 0.1) is 0 Å². The molecule has 0 aliphatic carbocycles. The van der Waals surface area contributed by atoms with Crippen molar-refractivity contribution in [3.63, 3.8) is 0 Å². The SMILES string of the molecule is CN(C)C(=O)OC1CCC2CCCN21. The van der Waals surface area contributed by atoms with Crippen LogP contribution < -0.4 is 0 Å². The summed E-state index contributed by atoms with van der Waals surface area (Å²) in [5.41, 5.74) is 0. The summed E-state index contributed by atoms with van der Waals surface area (Å²) in [7, 11) is 3.44. The highest BCUT2D eigenvalue weighted by Gasteiger charge is 2.38. The fourth-order valence-corrected chi connectivity index (χ4v) is 2.40. The van der Waals surface area contributed by atoms with Gasteiger partial charge in [-0.15, -0.1) is 0 Å². The molecule has 4 heteroatoms. The molecule has 0 saturated carbocycles. The maximum atomic E-state index is 11.4. The number of nitrogens with zero attached hydrogens (tertiary/aromatic N) is 2. The standard InChI is InChI=1S/C10H18N2O2/c1-11(2)10(13)14-9-6-5-8-4-3-7-12(8)9/h8-9H,3-7H2,1-2H3. The maximum Gasteiger partial charge on any atom is 0.410 e. The molecule has 0 spiro atoms. The molecule has 2 unspecified atom stereocenters. The van der Waals surface area contributed by atoms with Crippen LogP contribution in [-0.4, -0.2) is 48.8 Å². The molecule has 0 aromatic rings. The molecule has 2 saturated heterocycles. The first-order chi connectivity index (χ1) is 6.68. The minimum Gasteiger partial charge on any atom is -0.430 e. The van der Waals surface area contributed by atoms with E-state index in [2.05, 4.69) is 4.90 Å². The Bertz CT molecular complexity index is 230. The van der Waals surface area contributed by atoms with Crippen molar-refractivity contribution in [1.29, 1.82) is 0 Å². The number of fused-ring (bicyclic) bond motifs is 1. The Morgan fingerprint density at radius 3 is 2.86 bits per heavy atom. The lowest BCUT2D eigenvalue weighted by Gasteiger charge is -2.24. The van der Waals surface area contributed by atoms with Crippen LogP contribution in [0.5, 0.6) is 0 Å². The minimum absolute atomic E-state index is 0.0393. The zero-order chi connectivity index (χ0) is 10.1. The van der Waals surface area contributed by atoms with Crippen molar-refractivity contribution < 1.29 is 9.53 Å². The van der Waals surface area contributed by atoms with Crippen LogP contribution >= 0.6 is 0 Å². The van der Waals surface area contributed by atoms with E-state index in [0.717, 1.165) is 13.0 Å². The Morgan fingerprint density at radius 1 is 1.36 bits per heavy atom. The largest absolute Gasteiger partial charge is 0.430 e. The van der Waals surface area contributed by atoms with Crippen molar-refractivity contribution in [1.82, 2.24) is 9.80 Å². The van der Waals surface area contributed by atoms with Crippen LogP contribution in [0.3, 0.4) is 0 Å². The smallest absolute Gasteiger partial charge is 0.410 e. The Hall–Kier alpha value is -0.770. The van der Waals surface area contributed by atoms with E-state index in [1.165, 1.54) is 24.2 Å². The lowest BCUT2D eigenvalue weighted by Crippen LogP contribution is -2.37. The summed E-state index contributed by atoms with van der Waals surface area (Å²) < 4.78 is 5.40. The lowest BCUT2D eigenvalue weighted by molar-refractivity contribution is -0.000987. The zero-order valence-electron chi connectivity index (χ0n) is 8.90. The number of hydrogen-bond acceptors (Lipinski definition) is 3. The van der Waals surface area contributed by atoms with Gasteiger partial charge in [-0.1, -0.05) is 0 Å². The Labute approximate surface area is 84.8 Å². The molecule has 2 aliphatic rings. The van der Waals surface area contributed by atoms with Gasteiger partial charge in [0.1, 0.15) is 0 Å². The van der Waals surface area contributed by atoms with Gasteiger partial charge in [0.15, 0.2) is 6.23 Å². The maximum absolute atomic E-state index is 11.4. The molecule has 0 aromatic heterocycles. The van der Waals surface area contributed by atoms with E-state index in [4.69, 9.17) is 4.74 Å². The van der Waals surface area contributed by atoms with Crippen LogP contribution in [0.15, 0.2) is 0 Å². The van der Waals surface area contributed by atoms with E-state index in [-0.39, 0.29) is 12.3 Å². The topological polar surface area (TPSA) is 32.8 Å². The summed E-state index contributed by atoms with van der Waals surface area (Å²) in [6.07, 6.45) is 4.53. The number of amides is 1. The van der Waals surface area contributed by atoms with Gasteiger partial charge in [-0.05, 0) is 25.7 Å². The second kappa shape index (κ2) is 3.77. The summed E-state index contributed by atoms with van der Waals surface area (Å²) in [6.45, 7) is 1.09. The van der Waals surface area contributed by atoms with Gasteiger partial charge in [-0.3, -0.25) is 4.90 Å². The van der Waals surface area contributed by atoms with Crippen molar-refractivity contribution in [2.45, 2.75) is 38.0 Å². The first kappa shape index (κ1) is 9.77. The molecule has 2 atom stereocenters. The van der Waals surface area contributed by atoms with E-state index < -0.39 is 0 Å². The summed E-state index contributed by atoms with van der Waals surface area (Å²) in [6, 6.07) is 0.676. The average molecular weight is 198 g/mol. The Morgan fingerprint density at radius 2 is 2.14 bits per heavy atom. The van der Waals surface area contributed by atoms with Crippen LogP contribution in [0.2, 0.25) is 0 Å². The number of ether oxygens (including phenoxy) is 1. The Balaban J connectivity index is 1.90. The van der Waals surface area contributed by atoms with Crippen LogP contribution in [0, 0.1) is 0 Å². The van der Waals surface area contributed by atoms with E-state index in [9.17, 15) is 4.79 Å². The number of carbonyl (C=O) groups excluding carboxylic acids is 1. The highest BCUT2D eigenvalue weighted by atomic mass is 16.6. The van der Waals surface area contributed by atoms with Crippen molar-refractivity contribution >= 4 is 6.09 Å². The summed E-state index contributed by atoms with van der Waals surface area (Å²) in [4.78, 5) is 15.2. The van der Waals surface area contributed by atoms with Gasteiger partial charge in [0.2, 0.25) is 0 Å². The molecule has 2 fully saturated rings. The quantitative estimate of drug-likeness (QED) is 0.636. The third-order valence-corrected chi connectivity index (χ3v) is 3.14. The predicted octanol–water partition coefficient (Wildman–Crippen LogP) is 1.27. The van der Waals surface area contributed by atoms with Crippen LogP contribution in [-0.2, 0) is 4.74 Å². The van der Waals surface area contributed by atoms with Crippen LogP contribution in [0.4, 0.5) is 4.79 Å². The number of carbonyl (C=O) groups is 1. The van der Waals surface area contributed by atoms with Crippen LogP contribution in [0.25, 0.3) is 0 Å². The van der Waals surface area contributed by atoms with Gasteiger partial charge >= 0.3 is 6.09 Å². The van der Waals surface area contributed by atoms with E-state index in [1.807, 2.05) is 0 Å². The van der Waals surface area contributed by atoms with E-state index in [1.54, 1.807) is 14.1 Å². The molecular weight excluding hydrogens is 180 g/mol. The molecule has 0 N–H and O–H groups in total. The molecule has 0 bridgehead atoms. The fraction of sp³-hybridized carbons (Fsp3) is 0.900. The first-order valence-electron chi connectivity index (χ1n) is 5.32. The summed E-state index contributed by atoms with van der Waals surface area (Å²) in [5.74, 6) is 0. The molecule has 14 heavy (non-hydrogen) atoms. The molecule has 4 nitrogen and oxygen atoms in total. The second-order valence-electron chi connectivity index (χ2n) is 4.34. The van der Waals surface area contributed by atoms with Crippen LogP contribution in [0.1, 0.15) is 25.7 Å². The van der Waals surface area contributed by atoms with Gasteiger partial charge in [0, 0.05) is 26.7 Å². The van der Waals surface area contributed by atoms with Gasteiger partial charge in [-0.25, -0.2) is 4.79 Å². The first-order valence-corrected chi connectivity index (χ1v) is 5.32. The molecule has 2 heterocycles. The average Bonchev–Trinajstić information content (AvgIpc) is 2.69. The molecule has 0 radical (unpaired) electrons. The Kier molecular flexibility index (Phi) is 2.63. The van der Waals surface area contributed by atoms with Gasteiger partial charge in [-0.2, -0.15) is 0 Å².